The van der Waals surface area contributed by atoms with Crippen LogP contribution in [-0.2, 0) is 124 Å². The van der Waals surface area contributed by atoms with E-state index < -0.39 is 66.4 Å². The molecule has 0 unspecified atom stereocenters. The number of anilines is 6. The van der Waals surface area contributed by atoms with Crippen molar-refractivity contribution in [1.29, 1.82) is 0 Å². The van der Waals surface area contributed by atoms with Gasteiger partial charge in [-0.1, -0.05) is 154 Å². The number of rotatable bonds is 12. The second kappa shape index (κ2) is 40.8. The number of nitrogens with zero attached hydrogens (tertiary/aromatic N) is 4. The Balaban J connectivity index is 0.000000164. The molecule has 21 nitrogen and oxygen atoms in total. The third-order valence-electron chi connectivity index (χ3n) is 18.3. The second-order valence-electron chi connectivity index (χ2n) is 25.5. The zero-order chi connectivity index (χ0) is 81.2. The van der Waals surface area contributed by atoms with E-state index in [0.29, 0.717) is 53.5 Å². The number of para-hydroxylation sites is 2. The molecule has 0 radical (unpaired) electrons. The molecule has 0 saturated heterocycles. The van der Waals surface area contributed by atoms with Crippen LogP contribution >= 0.6 is 10.7 Å². The number of aryl methyl sites for hydroxylation is 3. The summed E-state index contributed by atoms with van der Waals surface area (Å²) in [5, 5.41) is 20.6. The minimum absolute atomic E-state index is 0.0119. The zero-order valence-electron chi connectivity index (χ0n) is 61.7. The number of alkyl halides is 3. The summed E-state index contributed by atoms with van der Waals surface area (Å²) in [5.74, 6) is -0.0119. The number of halogens is 4. The van der Waals surface area contributed by atoms with Gasteiger partial charge in [-0.05, 0) is 206 Å². The molecule has 0 amide bonds. The van der Waals surface area contributed by atoms with Gasteiger partial charge in [0.25, 0.3) is 44.8 Å². The summed E-state index contributed by atoms with van der Waals surface area (Å²) in [4.78, 5) is 31.7. The van der Waals surface area contributed by atoms with Gasteiger partial charge < -0.3 is 16.0 Å². The average Bonchev–Trinajstić information content (AvgIpc) is 1.57. The number of carbonyl (C=O) groups excluding carboxylic acids is 2. The van der Waals surface area contributed by atoms with Crippen LogP contribution in [0.1, 0.15) is 88.1 Å². The molecule has 16 rings (SSSR count). The zero-order valence-corrected chi connectivity index (χ0v) is 66.9. The van der Waals surface area contributed by atoms with Gasteiger partial charge in [-0.15, -0.1) is 0 Å². The van der Waals surface area contributed by atoms with Gasteiger partial charge in [0, 0.05) is 84.2 Å². The summed E-state index contributed by atoms with van der Waals surface area (Å²) in [6.45, 7) is 12.3. The Hall–Kier alpha value is -10.3. The van der Waals surface area contributed by atoms with Gasteiger partial charge in [0.05, 0.1) is 41.6 Å². The van der Waals surface area contributed by atoms with E-state index >= 15 is 0 Å². The number of nitrogens with one attached hydrogen (secondary N) is 3. The van der Waals surface area contributed by atoms with E-state index in [1.165, 1.54) is 84.0 Å². The third kappa shape index (κ3) is 23.7. The number of benzene rings is 10. The van der Waals surface area contributed by atoms with E-state index in [-0.39, 0.29) is 26.2 Å². The van der Waals surface area contributed by atoms with Crippen LogP contribution in [0.4, 0.5) is 53.0 Å². The first-order chi connectivity index (χ1) is 53.5. The van der Waals surface area contributed by atoms with E-state index in [1.54, 1.807) is 121 Å². The number of hydrogen-bond donors (Lipinski definition) is 3. The van der Waals surface area contributed by atoms with Crippen LogP contribution in [0.5, 0.6) is 0 Å². The molecule has 10 aromatic rings. The van der Waals surface area contributed by atoms with Crippen LogP contribution in [0.3, 0.4) is 0 Å². The number of hydrogen-bond acceptors (Lipinski definition) is 17. The van der Waals surface area contributed by atoms with Crippen molar-refractivity contribution in [2.45, 2.75) is 111 Å². The Bertz CT molecular complexity index is 5390. The summed E-state index contributed by atoms with van der Waals surface area (Å²) in [6, 6.07) is 71.2. The quantitative estimate of drug-likeness (QED) is 0.0256. The molecule has 0 bridgehead atoms. The van der Waals surface area contributed by atoms with E-state index in [9.17, 15) is 61.8 Å². The Kier molecular flexibility index (Phi) is 31.8. The van der Waals surface area contributed by atoms with Gasteiger partial charge in [-0.2, -0.15) is 13.2 Å². The fraction of sp³-hybridized carbons (Fsp3) is 0.244. The summed E-state index contributed by atoms with van der Waals surface area (Å²) in [7, 11) is -8.89. The van der Waals surface area contributed by atoms with Gasteiger partial charge >= 0.3 is 28.7 Å². The molecule has 10 aromatic carbocycles. The number of nitro benzene ring substituents is 1. The smallest absolute Gasteiger partial charge is 0.0373 e. The number of sulfonamides is 3. The molecule has 0 aliphatic carbocycles. The molecule has 0 saturated carbocycles. The summed E-state index contributed by atoms with van der Waals surface area (Å²) in [5.41, 5.74) is 17.5. The number of fused-ring (bicyclic) bond motifs is 6. The third-order valence-corrected chi connectivity index (χ3v) is 25.2. The van der Waals surface area contributed by atoms with Crippen molar-refractivity contribution in [1.82, 2.24) is 0 Å². The molecule has 30 heteroatoms. The summed E-state index contributed by atoms with van der Waals surface area (Å²) in [6.07, 6.45) is 2.68. The molecule has 6 heterocycles. The molecule has 0 fully saturated rings. The van der Waals surface area contributed by atoms with Gasteiger partial charge in [0.15, 0.2) is 5.78 Å². The molecule has 0 spiro atoms. The van der Waals surface area contributed by atoms with Crippen LogP contribution in [0.2, 0.25) is 0 Å². The maximum atomic E-state index is 12.7. The Labute approximate surface area is 662 Å². The predicted molar refractivity (Wildman–Crippen MR) is 427 cm³/mol. The van der Waals surface area contributed by atoms with Crippen molar-refractivity contribution >= 4 is 102 Å². The van der Waals surface area contributed by atoms with E-state index in [0.717, 1.165) is 91.1 Å². The molecule has 6 aliphatic heterocycles. The molecule has 591 valence electrons. The largest absolute Gasteiger partial charge is 0.384 e. The number of aldehydes is 1. The number of carbonyl (C=O) groups is 2. The minimum Gasteiger partial charge on any atom is -0.384 e. The molecule has 112 heavy (non-hydrogen) atoms. The molecular weight excluding hydrogens is 1580 g/mol. The van der Waals surface area contributed by atoms with E-state index in [1.807, 2.05) is 61.5 Å². The van der Waals surface area contributed by atoms with Gasteiger partial charge in [0.2, 0.25) is 6.29 Å². The first-order valence-corrected chi connectivity index (χ1v) is 43.3. The van der Waals surface area contributed by atoms with E-state index in [2.05, 4.69) is 78.3 Å². The standard InChI is InChI=1S/C16H15NO3S.C16H17NO2S.C14H13NO2S.C10H12N2O2.C10H13N.C8H9N.C6H5ClO2S.C2HF3O.Mn.2O/c1-12(18)13-7-8-16-14(11-13)9-10-17(16)21(19,20)15-5-3-2-4-6-15;1-2-13-8-9-16-14(12-13)10-11-17(16)20(18,19)15-6-4-3-5-7-15;16-18(17,13-7-2-1-3-8-13)15-11-10-12-6-4-5-9-14(12)15;1-2-7-5-8-3-4-11-9(8)6-10(7)12(13)14;1-2-8-3-4-10-9(7-8)5-6-11-10;1-2-4-8-7(3-1)5-6-9-8;7-10(8,9)6-4-2-1-3-5-6;3-2(4,5)1-6;;;/h2-8,11H,9-10H2,1H3;3-9,12H,2,10-11H2,1H3;1-9H,10-11H2;5-6,11H,2-4H2,1H3;3-4,7,11H,2,5-6H2,1H3;1-4,9H,5-6H2;1-5H;1H;;;. The molecule has 3 N–H and O–H groups in total. The van der Waals surface area contributed by atoms with E-state index in [4.69, 9.17) is 23.1 Å². The Morgan fingerprint density at radius 1 is 0.455 bits per heavy atom. The van der Waals surface area contributed by atoms with Crippen LogP contribution in [0.15, 0.2) is 256 Å². The van der Waals surface area contributed by atoms with Crippen molar-refractivity contribution in [3.05, 3.63) is 302 Å². The summed E-state index contributed by atoms with van der Waals surface area (Å²) < 4.78 is 149. The van der Waals surface area contributed by atoms with Crippen molar-refractivity contribution in [2.24, 2.45) is 0 Å². The van der Waals surface area contributed by atoms with Crippen molar-refractivity contribution in [3.8, 4) is 0 Å². The second-order valence-corrected chi connectivity index (χ2v) is 33.9. The van der Waals surface area contributed by atoms with Crippen LogP contribution in [-0.4, -0.2) is 96.1 Å². The summed E-state index contributed by atoms with van der Waals surface area (Å²) >= 11 is -1.44. The van der Waals surface area contributed by atoms with Crippen LogP contribution in [0, 0.1) is 10.1 Å². The average molecular weight is 1670 g/mol. The van der Waals surface area contributed by atoms with Gasteiger partial charge in [-0.25, -0.2) is 33.7 Å². The maximum Gasteiger partial charge on any atom is 0.0373 e. The van der Waals surface area contributed by atoms with Gasteiger partial charge in [0.1, 0.15) is 0 Å². The van der Waals surface area contributed by atoms with Gasteiger partial charge in [-0.3, -0.25) is 32.6 Å². The molecule has 6 aliphatic rings. The number of ketones is 1. The fourth-order valence-corrected chi connectivity index (χ4v) is 18.1. The first kappa shape index (κ1) is 87.3. The normalized spacial score (nSPS) is 13.5. The van der Waals surface area contributed by atoms with Crippen LogP contribution < -0.4 is 28.9 Å². The molecule has 0 aromatic heterocycles. The predicted octanol–water partition coefficient (Wildman–Crippen LogP) is 16.2. The topological polar surface area (TPSA) is 294 Å². The Morgan fingerprint density at radius 2 is 0.812 bits per heavy atom. The monoisotopic (exact) mass is 1670 g/mol. The minimum atomic E-state index is -4.64. The first-order valence-electron chi connectivity index (χ1n) is 35.7. The molecular formula is C82H85ClF3MnN7O14S4. The SMILES string of the molecule is CC(=O)c1ccc2c(c1)CCN2S(=O)(=O)c1ccccc1.CCc1cc2c(cc1[N+](=O)[O-])NCC2.CCc1ccc2c(c1)CCN2.CCc1ccc2c(c1)CCN2S(=O)(=O)c1ccccc1.O=CC(F)(F)F.O=S(=O)(Cl)c1ccccc1.O=S(=O)(c1ccccc1)N1CCc2ccccc21.[O]=[Mn]=[O].c1ccc2c(c1)CCN2. The van der Waals surface area contributed by atoms with Crippen LogP contribution in [0.25, 0.3) is 0 Å². The molecule has 0 atom stereocenters. The number of nitro groups is 1. The fourth-order valence-electron chi connectivity index (χ4n) is 12.7. The van der Waals surface area contributed by atoms with Crippen molar-refractivity contribution in [3.63, 3.8) is 0 Å². The number of Topliss-reactive ketones (excluding diaryl/α,β-unsaturated/α-hetero) is 1. The Morgan fingerprint density at radius 3 is 1.23 bits per heavy atom. The van der Waals surface area contributed by atoms with Crippen molar-refractivity contribution < 1.29 is 83.8 Å². The van der Waals surface area contributed by atoms with Crippen molar-refractivity contribution in [2.75, 3.05) is 68.1 Å². The maximum absolute atomic E-state index is 12.7.